The summed E-state index contributed by atoms with van der Waals surface area (Å²) in [6.07, 6.45) is 3.27. The van der Waals surface area contributed by atoms with E-state index in [1.807, 2.05) is 24.3 Å². The molecular formula is C23H27N3O3. The highest BCUT2D eigenvalue weighted by Gasteiger charge is 2.25. The Bertz CT molecular complexity index is 931. The number of anilines is 1. The minimum atomic E-state index is -0.331. The van der Waals surface area contributed by atoms with Gasteiger partial charge in [0, 0.05) is 31.8 Å². The van der Waals surface area contributed by atoms with Gasteiger partial charge in [-0.3, -0.25) is 14.9 Å². The average molecular weight is 393 g/mol. The summed E-state index contributed by atoms with van der Waals surface area (Å²) in [7, 11) is 1.57. The van der Waals surface area contributed by atoms with Crippen molar-refractivity contribution in [1.82, 2.24) is 5.32 Å². The maximum absolute atomic E-state index is 12.2. The molecule has 2 aromatic rings. The smallest absolute Gasteiger partial charge is 0.293 e. The Kier molecular flexibility index (Phi) is 6.32. The van der Waals surface area contributed by atoms with Crippen LogP contribution in [0.1, 0.15) is 47.7 Å². The fourth-order valence-corrected chi connectivity index (χ4v) is 3.94. The zero-order chi connectivity index (χ0) is 21.0. The van der Waals surface area contributed by atoms with Gasteiger partial charge >= 0.3 is 0 Å². The summed E-state index contributed by atoms with van der Waals surface area (Å²) >= 11 is 0. The van der Waals surface area contributed by atoms with Crippen molar-refractivity contribution >= 4 is 22.9 Å². The number of nitrogens with zero attached hydrogens (tertiary/aromatic N) is 2. The van der Waals surface area contributed by atoms with Crippen LogP contribution in [0.5, 0.6) is 0 Å². The summed E-state index contributed by atoms with van der Waals surface area (Å²) in [5.41, 5.74) is 3.12. The number of carbonyl (C=O) groups excluding carboxylic acids is 1. The first-order valence-electron chi connectivity index (χ1n) is 10.00. The summed E-state index contributed by atoms with van der Waals surface area (Å²) < 4.78 is 0. The molecule has 1 N–H and O–H groups in total. The van der Waals surface area contributed by atoms with E-state index in [4.69, 9.17) is 0 Å². The van der Waals surface area contributed by atoms with E-state index < -0.39 is 0 Å². The third kappa shape index (κ3) is 4.31. The molecule has 1 aliphatic heterocycles. The Morgan fingerprint density at radius 3 is 2.45 bits per heavy atom. The Morgan fingerprint density at radius 2 is 1.86 bits per heavy atom. The fourth-order valence-electron chi connectivity index (χ4n) is 3.94. The van der Waals surface area contributed by atoms with Crippen LogP contribution in [0.4, 0.5) is 11.4 Å². The van der Waals surface area contributed by atoms with Crippen LogP contribution >= 0.6 is 0 Å². The minimum absolute atomic E-state index is 0.0797. The highest BCUT2D eigenvalue weighted by molar-refractivity contribution is 6.00. The number of rotatable bonds is 6. The van der Waals surface area contributed by atoms with Crippen LogP contribution in [0.3, 0.4) is 0 Å². The van der Waals surface area contributed by atoms with Crippen molar-refractivity contribution < 1.29 is 9.72 Å². The molecule has 1 amide bonds. The Labute approximate surface area is 171 Å². The SMILES string of the molecule is C=C(c1ccc(N2CCC(CC)CC2)c([N+](=O)[O-])c1)c1ccccc1C(=O)NC. The second kappa shape index (κ2) is 8.90. The lowest BCUT2D eigenvalue weighted by Gasteiger charge is -2.33. The van der Waals surface area contributed by atoms with E-state index in [9.17, 15) is 14.9 Å². The van der Waals surface area contributed by atoms with E-state index >= 15 is 0 Å². The lowest BCUT2D eigenvalue weighted by atomic mass is 9.92. The monoisotopic (exact) mass is 393 g/mol. The molecule has 0 atom stereocenters. The molecule has 0 unspecified atom stereocenters. The molecule has 0 aromatic heterocycles. The van der Waals surface area contributed by atoms with E-state index in [1.165, 1.54) is 0 Å². The van der Waals surface area contributed by atoms with Crippen LogP contribution in [0, 0.1) is 16.0 Å². The van der Waals surface area contributed by atoms with Crippen LogP contribution < -0.4 is 10.2 Å². The molecular weight excluding hydrogens is 366 g/mol. The van der Waals surface area contributed by atoms with Crippen molar-refractivity contribution in [3.05, 3.63) is 75.8 Å². The molecule has 3 rings (SSSR count). The molecule has 1 saturated heterocycles. The van der Waals surface area contributed by atoms with Crippen LogP contribution in [-0.2, 0) is 0 Å². The van der Waals surface area contributed by atoms with E-state index in [1.54, 1.807) is 25.2 Å². The van der Waals surface area contributed by atoms with Crippen LogP contribution in [-0.4, -0.2) is 31.0 Å². The van der Waals surface area contributed by atoms with Gasteiger partial charge in [-0.25, -0.2) is 0 Å². The first-order valence-corrected chi connectivity index (χ1v) is 10.00. The number of hydrogen-bond donors (Lipinski definition) is 1. The van der Waals surface area contributed by atoms with Crippen LogP contribution in [0.15, 0.2) is 49.0 Å². The molecule has 6 heteroatoms. The number of nitro groups is 1. The Morgan fingerprint density at radius 1 is 1.21 bits per heavy atom. The molecule has 2 aromatic carbocycles. The Balaban J connectivity index is 1.94. The van der Waals surface area contributed by atoms with E-state index in [2.05, 4.69) is 23.7 Å². The molecule has 1 aliphatic rings. The fraction of sp³-hybridized carbons (Fsp3) is 0.348. The largest absolute Gasteiger partial charge is 0.366 e. The van der Waals surface area contributed by atoms with Gasteiger partial charge in [0.25, 0.3) is 11.6 Å². The predicted molar refractivity (Wildman–Crippen MR) is 116 cm³/mol. The first-order chi connectivity index (χ1) is 14.0. The molecule has 0 spiro atoms. The zero-order valence-corrected chi connectivity index (χ0v) is 17.0. The lowest BCUT2D eigenvalue weighted by Crippen LogP contribution is -2.33. The van der Waals surface area contributed by atoms with Gasteiger partial charge < -0.3 is 10.2 Å². The normalized spacial score (nSPS) is 14.5. The van der Waals surface area contributed by atoms with Crippen molar-refractivity contribution in [1.29, 1.82) is 0 Å². The summed E-state index contributed by atoms with van der Waals surface area (Å²) in [6, 6.07) is 12.4. The molecule has 29 heavy (non-hydrogen) atoms. The molecule has 0 aliphatic carbocycles. The minimum Gasteiger partial charge on any atom is -0.366 e. The number of benzene rings is 2. The van der Waals surface area contributed by atoms with E-state index in [-0.39, 0.29) is 16.5 Å². The molecule has 6 nitrogen and oxygen atoms in total. The second-order valence-electron chi connectivity index (χ2n) is 7.40. The van der Waals surface area contributed by atoms with Gasteiger partial charge in [-0.1, -0.05) is 44.2 Å². The summed E-state index contributed by atoms with van der Waals surface area (Å²) in [5, 5.41) is 14.4. The van der Waals surface area contributed by atoms with Crippen molar-refractivity contribution in [2.75, 3.05) is 25.0 Å². The predicted octanol–water partition coefficient (Wildman–Crippen LogP) is 4.64. The highest BCUT2D eigenvalue weighted by atomic mass is 16.6. The van der Waals surface area contributed by atoms with E-state index in [0.717, 1.165) is 32.4 Å². The molecule has 152 valence electrons. The van der Waals surface area contributed by atoms with Gasteiger partial charge in [0.2, 0.25) is 0 Å². The van der Waals surface area contributed by atoms with Crippen molar-refractivity contribution in [3.8, 4) is 0 Å². The molecule has 0 bridgehead atoms. The lowest BCUT2D eigenvalue weighted by molar-refractivity contribution is -0.384. The molecule has 1 fully saturated rings. The number of amides is 1. The standard InChI is InChI=1S/C23H27N3O3/c1-4-17-11-13-25(14-12-17)21-10-9-18(15-22(21)26(28)29)16(2)19-7-5-6-8-20(19)23(27)24-3/h5-10,15,17H,2,4,11-14H2,1,3H3,(H,24,27). The molecule has 1 heterocycles. The number of nitrogens with one attached hydrogen (secondary N) is 1. The summed E-state index contributed by atoms with van der Waals surface area (Å²) in [6.45, 7) is 7.98. The van der Waals surface area contributed by atoms with Gasteiger partial charge in [0.1, 0.15) is 5.69 Å². The van der Waals surface area contributed by atoms with Gasteiger partial charge in [-0.15, -0.1) is 0 Å². The third-order valence-corrected chi connectivity index (χ3v) is 5.78. The second-order valence-corrected chi connectivity index (χ2v) is 7.40. The van der Waals surface area contributed by atoms with Gasteiger partial charge in [-0.05, 0) is 47.6 Å². The molecule has 0 saturated carbocycles. The highest BCUT2D eigenvalue weighted by Crippen LogP contribution is 2.36. The number of hydrogen-bond acceptors (Lipinski definition) is 4. The van der Waals surface area contributed by atoms with Crippen LogP contribution in [0.2, 0.25) is 0 Å². The average Bonchev–Trinajstić information content (AvgIpc) is 2.77. The maximum atomic E-state index is 12.2. The number of carbonyl (C=O) groups is 1. The van der Waals surface area contributed by atoms with Crippen LogP contribution in [0.25, 0.3) is 5.57 Å². The topological polar surface area (TPSA) is 75.5 Å². The first kappa shape index (κ1) is 20.6. The summed E-state index contributed by atoms with van der Waals surface area (Å²) in [4.78, 5) is 25.8. The van der Waals surface area contributed by atoms with Crippen molar-refractivity contribution in [2.45, 2.75) is 26.2 Å². The maximum Gasteiger partial charge on any atom is 0.293 e. The van der Waals surface area contributed by atoms with Gasteiger partial charge in [0.15, 0.2) is 0 Å². The Hall–Kier alpha value is -3.15. The zero-order valence-electron chi connectivity index (χ0n) is 17.0. The van der Waals surface area contributed by atoms with E-state index in [0.29, 0.717) is 33.9 Å². The third-order valence-electron chi connectivity index (χ3n) is 5.78. The molecule has 0 radical (unpaired) electrons. The number of piperidine rings is 1. The van der Waals surface area contributed by atoms with Crippen molar-refractivity contribution in [2.24, 2.45) is 5.92 Å². The van der Waals surface area contributed by atoms with Crippen molar-refractivity contribution in [3.63, 3.8) is 0 Å². The van der Waals surface area contributed by atoms with Gasteiger partial charge in [0.05, 0.1) is 4.92 Å². The quantitative estimate of drug-likeness (QED) is 0.573. The number of nitro benzene ring substituents is 1. The summed E-state index contributed by atoms with van der Waals surface area (Å²) in [5.74, 6) is 0.484. The van der Waals surface area contributed by atoms with Gasteiger partial charge in [-0.2, -0.15) is 0 Å².